The maximum atomic E-state index is 12.1. The van der Waals surface area contributed by atoms with E-state index in [2.05, 4.69) is 10.2 Å². The molecule has 1 fully saturated rings. The molecule has 0 bridgehead atoms. The second-order valence-electron chi connectivity index (χ2n) is 5.23. The van der Waals surface area contributed by atoms with Crippen molar-refractivity contribution < 1.29 is 18.3 Å². The molecule has 0 unspecified atom stereocenters. The second kappa shape index (κ2) is 5.25. The van der Waals surface area contributed by atoms with Crippen molar-refractivity contribution in [3.05, 3.63) is 34.7 Å². The van der Waals surface area contributed by atoms with Crippen LogP contribution in [0.1, 0.15) is 15.9 Å². The number of carboxylic acid groups (broad SMARTS) is 1. The van der Waals surface area contributed by atoms with E-state index >= 15 is 0 Å². The highest BCUT2D eigenvalue weighted by Gasteiger charge is 2.29. The van der Waals surface area contributed by atoms with E-state index in [1.807, 2.05) is 0 Å². The van der Waals surface area contributed by atoms with E-state index in [4.69, 9.17) is 5.11 Å². The number of rotatable bonds is 3. The highest BCUT2D eigenvalue weighted by atomic mass is 32.2. The van der Waals surface area contributed by atoms with Gasteiger partial charge in [0.1, 0.15) is 0 Å². The molecule has 0 aliphatic carbocycles. The molecule has 0 radical (unpaired) electrons. The van der Waals surface area contributed by atoms with E-state index in [1.54, 1.807) is 0 Å². The Kier molecular flexibility index (Phi) is 3.56. The largest absolute Gasteiger partial charge is 0.478 e. The molecule has 0 saturated carbocycles. The summed E-state index contributed by atoms with van der Waals surface area (Å²) in [4.78, 5) is 13.4. The van der Waals surface area contributed by atoms with E-state index < -0.39 is 15.8 Å². The first-order chi connectivity index (χ1) is 9.97. The summed E-state index contributed by atoms with van der Waals surface area (Å²) in [6, 6.07) is 4.17. The van der Waals surface area contributed by atoms with E-state index in [-0.39, 0.29) is 10.5 Å². The van der Waals surface area contributed by atoms with Crippen molar-refractivity contribution in [3.8, 4) is 0 Å². The fourth-order valence-corrected chi connectivity index (χ4v) is 4.17. The van der Waals surface area contributed by atoms with Gasteiger partial charge in [0, 0.05) is 38.1 Å². The van der Waals surface area contributed by atoms with Crippen molar-refractivity contribution >= 4 is 21.4 Å². The quantitative estimate of drug-likeness (QED) is 0.841. The van der Waals surface area contributed by atoms with Crippen molar-refractivity contribution in [2.75, 3.05) is 32.7 Å². The summed E-state index contributed by atoms with van der Waals surface area (Å²) in [5.74, 6) is -1.05. The number of sulfone groups is 1. The first-order valence-corrected chi connectivity index (χ1v) is 8.28. The summed E-state index contributed by atoms with van der Waals surface area (Å²) < 4.78 is 24.3. The van der Waals surface area contributed by atoms with Crippen LogP contribution in [-0.2, 0) is 9.84 Å². The minimum atomic E-state index is -3.45. The van der Waals surface area contributed by atoms with Crippen LogP contribution in [0.4, 0.5) is 0 Å². The van der Waals surface area contributed by atoms with Crippen LogP contribution in [-0.4, -0.2) is 57.1 Å². The smallest absolute Gasteiger partial charge is 0.335 e. The molecule has 1 aromatic carbocycles. The number of carbonyl (C=O) groups is 1. The number of carboxylic acids is 1. The fourth-order valence-electron chi connectivity index (χ4n) is 2.71. The van der Waals surface area contributed by atoms with Gasteiger partial charge in [0.2, 0.25) is 9.84 Å². The van der Waals surface area contributed by atoms with Crippen LogP contribution in [0, 0.1) is 0 Å². The lowest BCUT2D eigenvalue weighted by Crippen LogP contribution is -2.43. The fraction of sp³-hybridized carbons (Fsp3) is 0.357. The highest BCUT2D eigenvalue weighted by Crippen LogP contribution is 2.34. The van der Waals surface area contributed by atoms with Crippen molar-refractivity contribution in [1.29, 1.82) is 0 Å². The van der Waals surface area contributed by atoms with Gasteiger partial charge in [0.15, 0.2) is 0 Å². The summed E-state index contributed by atoms with van der Waals surface area (Å²) in [6.07, 6.45) is 0. The number of nitrogens with zero attached hydrogens (tertiary/aromatic N) is 1. The number of benzene rings is 1. The molecular formula is C14H16N2O4S. The lowest BCUT2D eigenvalue weighted by Gasteiger charge is -2.27. The predicted octanol–water partition coefficient (Wildman–Crippen LogP) is 0.418. The Bertz CT molecular complexity index is 718. The zero-order chi connectivity index (χ0) is 15.0. The SMILES string of the molecule is O=C(O)c1ccc2c(c1)C(CN1CCNCC1)=CS2(=O)=O. The van der Waals surface area contributed by atoms with Crippen LogP contribution in [0.3, 0.4) is 0 Å². The molecule has 21 heavy (non-hydrogen) atoms. The Morgan fingerprint density at radius 2 is 2.00 bits per heavy atom. The van der Waals surface area contributed by atoms with Gasteiger partial charge in [-0.1, -0.05) is 0 Å². The zero-order valence-electron chi connectivity index (χ0n) is 11.4. The summed E-state index contributed by atoms with van der Waals surface area (Å²) in [6.45, 7) is 3.98. The summed E-state index contributed by atoms with van der Waals surface area (Å²) in [7, 11) is -3.45. The third-order valence-corrected chi connectivity index (χ3v) is 5.34. The number of fused-ring (bicyclic) bond motifs is 1. The predicted molar refractivity (Wildman–Crippen MR) is 77.9 cm³/mol. The molecule has 3 rings (SSSR count). The van der Waals surface area contributed by atoms with Crippen molar-refractivity contribution in [2.24, 2.45) is 0 Å². The van der Waals surface area contributed by atoms with Gasteiger partial charge in [-0.15, -0.1) is 0 Å². The van der Waals surface area contributed by atoms with Crippen molar-refractivity contribution in [1.82, 2.24) is 10.2 Å². The molecule has 7 heteroatoms. The van der Waals surface area contributed by atoms with Gasteiger partial charge in [0.25, 0.3) is 0 Å². The van der Waals surface area contributed by atoms with Gasteiger partial charge in [-0.25, -0.2) is 13.2 Å². The maximum Gasteiger partial charge on any atom is 0.335 e. The molecule has 1 saturated heterocycles. The van der Waals surface area contributed by atoms with Gasteiger partial charge in [-0.3, -0.25) is 4.90 Å². The van der Waals surface area contributed by atoms with E-state index in [0.29, 0.717) is 17.7 Å². The number of piperazine rings is 1. The van der Waals surface area contributed by atoms with Crippen molar-refractivity contribution in [2.45, 2.75) is 4.90 Å². The third kappa shape index (κ3) is 2.72. The van der Waals surface area contributed by atoms with Crippen LogP contribution >= 0.6 is 0 Å². The summed E-state index contributed by atoms with van der Waals surface area (Å²) in [5.41, 5.74) is 1.31. The topological polar surface area (TPSA) is 86.7 Å². The molecule has 112 valence electrons. The molecule has 0 aromatic heterocycles. The molecule has 0 atom stereocenters. The van der Waals surface area contributed by atoms with Crippen LogP contribution in [0.5, 0.6) is 0 Å². The average Bonchev–Trinajstić information content (AvgIpc) is 2.71. The number of aromatic carboxylic acids is 1. The van der Waals surface area contributed by atoms with E-state index in [9.17, 15) is 13.2 Å². The van der Waals surface area contributed by atoms with Gasteiger partial charge in [0.05, 0.1) is 10.5 Å². The molecule has 2 aliphatic heterocycles. The molecule has 2 aliphatic rings. The van der Waals surface area contributed by atoms with Crippen LogP contribution in [0.25, 0.3) is 5.57 Å². The van der Waals surface area contributed by atoms with Crippen LogP contribution in [0.2, 0.25) is 0 Å². The Hall–Kier alpha value is -1.70. The average molecular weight is 308 g/mol. The third-order valence-electron chi connectivity index (χ3n) is 3.78. The Labute approximate surface area is 123 Å². The lowest BCUT2D eigenvalue weighted by atomic mass is 10.0. The van der Waals surface area contributed by atoms with Gasteiger partial charge >= 0.3 is 5.97 Å². The minimum Gasteiger partial charge on any atom is -0.478 e. The Balaban J connectivity index is 1.96. The summed E-state index contributed by atoms with van der Waals surface area (Å²) >= 11 is 0. The van der Waals surface area contributed by atoms with Gasteiger partial charge in [-0.05, 0) is 29.3 Å². The molecule has 0 spiro atoms. The van der Waals surface area contributed by atoms with E-state index in [1.165, 1.54) is 23.6 Å². The maximum absolute atomic E-state index is 12.1. The highest BCUT2D eigenvalue weighted by molar-refractivity contribution is 7.95. The zero-order valence-corrected chi connectivity index (χ0v) is 12.2. The molecule has 2 heterocycles. The molecule has 6 nitrogen and oxygen atoms in total. The molecule has 1 aromatic rings. The molecular weight excluding hydrogens is 292 g/mol. The summed E-state index contributed by atoms with van der Waals surface area (Å²) in [5, 5.41) is 13.6. The standard InChI is InChI=1S/C14H16N2O4S/c17-14(18)10-1-2-13-12(7-10)11(9-21(13,19)20)8-16-5-3-15-4-6-16/h1-2,7,9,15H,3-6,8H2,(H,17,18). The number of hydrogen-bond donors (Lipinski definition) is 2. The first kappa shape index (κ1) is 14.2. The van der Waals surface area contributed by atoms with Crippen LogP contribution < -0.4 is 5.32 Å². The molecule has 2 N–H and O–H groups in total. The molecule has 0 amide bonds. The second-order valence-corrected chi connectivity index (χ2v) is 7.00. The lowest BCUT2D eigenvalue weighted by molar-refractivity contribution is 0.0696. The Morgan fingerprint density at radius 1 is 1.29 bits per heavy atom. The number of nitrogens with one attached hydrogen (secondary N) is 1. The van der Waals surface area contributed by atoms with Crippen molar-refractivity contribution in [3.63, 3.8) is 0 Å². The van der Waals surface area contributed by atoms with Gasteiger partial charge < -0.3 is 10.4 Å². The van der Waals surface area contributed by atoms with E-state index in [0.717, 1.165) is 26.2 Å². The number of hydrogen-bond acceptors (Lipinski definition) is 5. The normalized spacial score (nSPS) is 20.9. The van der Waals surface area contributed by atoms with Crippen LogP contribution in [0.15, 0.2) is 28.5 Å². The monoisotopic (exact) mass is 308 g/mol. The first-order valence-electron chi connectivity index (χ1n) is 6.74. The van der Waals surface area contributed by atoms with Gasteiger partial charge in [-0.2, -0.15) is 0 Å². The minimum absolute atomic E-state index is 0.108. The Morgan fingerprint density at radius 3 is 2.67 bits per heavy atom.